The highest BCUT2D eigenvalue weighted by atomic mass is 35.5. The summed E-state index contributed by atoms with van der Waals surface area (Å²) in [6, 6.07) is 0. The van der Waals surface area contributed by atoms with Crippen molar-refractivity contribution in [3.8, 4) is 0 Å². The first-order chi connectivity index (χ1) is 7.95. The summed E-state index contributed by atoms with van der Waals surface area (Å²) in [5.41, 5.74) is 0. The molecule has 0 radical (unpaired) electrons. The molecule has 2 N–H and O–H groups in total. The quantitative estimate of drug-likeness (QED) is 0.616. The summed E-state index contributed by atoms with van der Waals surface area (Å²) in [4.78, 5) is 11.5. The first-order valence-electron chi connectivity index (χ1n) is 5.88. The largest absolute Gasteiger partial charge is 0.356 e. The molecule has 8 heteroatoms. The van der Waals surface area contributed by atoms with Crippen molar-refractivity contribution in [2.24, 2.45) is 5.92 Å². The Morgan fingerprint density at radius 1 is 1.44 bits per heavy atom. The van der Waals surface area contributed by atoms with E-state index < -0.39 is 10.0 Å². The second-order valence-electron chi connectivity index (χ2n) is 4.25. The molecule has 0 spiro atoms. The van der Waals surface area contributed by atoms with Gasteiger partial charge in [-0.3, -0.25) is 4.79 Å². The first kappa shape index (κ1) is 17.6. The molecule has 18 heavy (non-hydrogen) atoms. The number of carbonyl (C=O) groups is 1. The minimum Gasteiger partial charge on any atom is -0.356 e. The standard InChI is InChI=1S/C10H21N3O3S.ClH/c1-3-13(17(2,15)16)6-4-5-12-10(14)9-7-11-8-9;/h9,11H,3-8H2,1-2H3,(H,12,14);1H. The van der Waals surface area contributed by atoms with E-state index in [4.69, 9.17) is 0 Å². The number of sulfonamides is 1. The molecular formula is C10H22ClN3O3S. The SMILES string of the molecule is CCN(CCCNC(=O)C1CNC1)S(C)(=O)=O.Cl. The van der Waals surface area contributed by atoms with E-state index in [2.05, 4.69) is 10.6 Å². The molecule has 0 aromatic heterocycles. The van der Waals surface area contributed by atoms with Gasteiger partial charge in [-0.05, 0) is 6.42 Å². The van der Waals surface area contributed by atoms with Gasteiger partial charge in [-0.15, -0.1) is 12.4 Å². The highest BCUT2D eigenvalue weighted by Crippen LogP contribution is 2.02. The Bertz CT molecular complexity index is 357. The molecule has 108 valence electrons. The Morgan fingerprint density at radius 2 is 2.06 bits per heavy atom. The molecule has 1 amide bonds. The van der Waals surface area contributed by atoms with E-state index in [1.54, 1.807) is 6.92 Å². The topological polar surface area (TPSA) is 78.5 Å². The summed E-state index contributed by atoms with van der Waals surface area (Å²) in [6.45, 7) is 4.76. The van der Waals surface area contributed by atoms with Gasteiger partial charge in [0.05, 0.1) is 12.2 Å². The van der Waals surface area contributed by atoms with Crippen LogP contribution >= 0.6 is 12.4 Å². The van der Waals surface area contributed by atoms with Crippen LogP contribution in [0.3, 0.4) is 0 Å². The molecule has 1 aliphatic heterocycles. The predicted octanol–water partition coefficient (Wildman–Crippen LogP) is -0.585. The number of hydrogen-bond acceptors (Lipinski definition) is 4. The third-order valence-electron chi connectivity index (χ3n) is 2.86. The third kappa shape index (κ3) is 5.51. The smallest absolute Gasteiger partial charge is 0.225 e. The van der Waals surface area contributed by atoms with Gasteiger partial charge in [0, 0.05) is 32.7 Å². The van der Waals surface area contributed by atoms with Gasteiger partial charge in [-0.25, -0.2) is 12.7 Å². The fraction of sp³-hybridized carbons (Fsp3) is 0.900. The molecule has 0 saturated carbocycles. The summed E-state index contributed by atoms with van der Waals surface area (Å²) < 4.78 is 24.0. The highest BCUT2D eigenvalue weighted by Gasteiger charge is 2.24. The number of amides is 1. The van der Waals surface area contributed by atoms with Gasteiger partial charge in [0.25, 0.3) is 0 Å². The van der Waals surface area contributed by atoms with Crippen LogP contribution in [0.25, 0.3) is 0 Å². The predicted molar refractivity (Wildman–Crippen MR) is 73.3 cm³/mol. The van der Waals surface area contributed by atoms with Crippen molar-refractivity contribution in [1.82, 2.24) is 14.9 Å². The minimum absolute atomic E-state index is 0. The Kier molecular flexibility index (Phi) is 7.77. The van der Waals surface area contributed by atoms with Gasteiger partial charge in [0.15, 0.2) is 0 Å². The molecule has 1 fully saturated rings. The molecule has 0 aromatic rings. The van der Waals surface area contributed by atoms with Crippen LogP contribution in [0.4, 0.5) is 0 Å². The van der Waals surface area contributed by atoms with E-state index in [1.165, 1.54) is 10.6 Å². The molecule has 0 aromatic carbocycles. The van der Waals surface area contributed by atoms with Crippen LogP contribution in [0.2, 0.25) is 0 Å². The van der Waals surface area contributed by atoms with Crippen molar-refractivity contribution in [2.45, 2.75) is 13.3 Å². The van der Waals surface area contributed by atoms with E-state index in [9.17, 15) is 13.2 Å². The summed E-state index contributed by atoms with van der Waals surface area (Å²) in [5, 5.41) is 5.85. The Morgan fingerprint density at radius 3 is 2.44 bits per heavy atom. The molecule has 1 heterocycles. The molecule has 1 rings (SSSR count). The maximum Gasteiger partial charge on any atom is 0.225 e. The fourth-order valence-electron chi connectivity index (χ4n) is 1.64. The molecule has 0 aliphatic carbocycles. The van der Waals surface area contributed by atoms with Crippen LogP contribution < -0.4 is 10.6 Å². The van der Waals surface area contributed by atoms with Gasteiger partial charge in [-0.2, -0.15) is 0 Å². The van der Waals surface area contributed by atoms with E-state index >= 15 is 0 Å². The number of nitrogens with one attached hydrogen (secondary N) is 2. The zero-order chi connectivity index (χ0) is 12.9. The molecule has 0 atom stereocenters. The monoisotopic (exact) mass is 299 g/mol. The second kappa shape index (κ2) is 7.93. The lowest BCUT2D eigenvalue weighted by atomic mass is 10.0. The van der Waals surface area contributed by atoms with Crippen molar-refractivity contribution in [2.75, 3.05) is 39.0 Å². The van der Waals surface area contributed by atoms with E-state index in [0.29, 0.717) is 26.1 Å². The van der Waals surface area contributed by atoms with Gasteiger partial charge < -0.3 is 10.6 Å². The summed E-state index contributed by atoms with van der Waals surface area (Å²) in [7, 11) is -3.11. The Balaban J connectivity index is 0.00000289. The van der Waals surface area contributed by atoms with Crippen molar-refractivity contribution in [3.05, 3.63) is 0 Å². The minimum atomic E-state index is -3.11. The van der Waals surface area contributed by atoms with Crippen molar-refractivity contribution >= 4 is 28.3 Å². The summed E-state index contributed by atoms with van der Waals surface area (Å²) in [5.74, 6) is 0.151. The normalized spacial score (nSPS) is 15.9. The van der Waals surface area contributed by atoms with Crippen LogP contribution in [0.1, 0.15) is 13.3 Å². The van der Waals surface area contributed by atoms with E-state index in [1.807, 2.05) is 0 Å². The average Bonchev–Trinajstić information content (AvgIpc) is 2.12. The molecule has 6 nitrogen and oxygen atoms in total. The average molecular weight is 300 g/mol. The Hall–Kier alpha value is -0.370. The van der Waals surface area contributed by atoms with Crippen LogP contribution in [0.5, 0.6) is 0 Å². The molecule has 0 unspecified atom stereocenters. The zero-order valence-electron chi connectivity index (χ0n) is 10.8. The van der Waals surface area contributed by atoms with Crippen LogP contribution in [0.15, 0.2) is 0 Å². The van der Waals surface area contributed by atoms with Gasteiger partial charge >= 0.3 is 0 Å². The lowest BCUT2D eigenvalue weighted by Gasteiger charge is -2.26. The molecule has 1 aliphatic rings. The second-order valence-corrected chi connectivity index (χ2v) is 6.24. The van der Waals surface area contributed by atoms with Crippen LogP contribution in [-0.4, -0.2) is 57.6 Å². The number of halogens is 1. The summed E-state index contributed by atoms with van der Waals surface area (Å²) >= 11 is 0. The number of carbonyl (C=O) groups excluding carboxylic acids is 1. The number of hydrogen-bond donors (Lipinski definition) is 2. The van der Waals surface area contributed by atoms with E-state index in [0.717, 1.165) is 13.1 Å². The zero-order valence-corrected chi connectivity index (χ0v) is 12.4. The number of nitrogens with zero attached hydrogens (tertiary/aromatic N) is 1. The molecule has 0 bridgehead atoms. The summed E-state index contributed by atoms with van der Waals surface area (Å²) in [6.07, 6.45) is 1.85. The van der Waals surface area contributed by atoms with Gasteiger partial charge in [-0.1, -0.05) is 6.92 Å². The lowest BCUT2D eigenvalue weighted by molar-refractivity contribution is -0.126. The molecule has 1 saturated heterocycles. The molecular weight excluding hydrogens is 278 g/mol. The maximum atomic E-state index is 11.5. The number of rotatable bonds is 7. The van der Waals surface area contributed by atoms with Crippen molar-refractivity contribution < 1.29 is 13.2 Å². The van der Waals surface area contributed by atoms with Crippen molar-refractivity contribution in [1.29, 1.82) is 0 Å². The van der Waals surface area contributed by atoms with Crippen molar-refractivity contribution in [3.63, 3.8) is 0 Å². The van der Waals surface area contributed by atoms with E-state index in [-0.39, 0.29) is 24.2 Å². The van der Waals surface area contributed by atoms with Gasteiger partial charge in [0.1, 0.15) is 0 Å². The fourth-order valence-corrected chi connectivity index (χ4v) is 2.57. The highest BCUT2D eigenvalue weighted by molar-refractivity contribution is 7.88. The van der Waals surface area contributed by atoms with Crippen LogP contribution in [-0.2, 0) is 14.8 Å². The third-order valence-corrected chi connectivity index (χ3v) is 4.24. The lowest BCUT2D eigenvalue weighted by Crippen LogP contribution is -2.51. The van der Waals surface area contributed by atoms with Gasteiger partial charge in [0.2, 0.25) is 15.9 Å². The first-order valence-corrected chi connectivity index (χ1v) is 7.73. The van der Waals surface area contributed by atoms with Crippen LogP contribution in [0, 0.1) is 5.92 Å². The maximum absolute atomic E-state index is 11.5. The Labute approximate surface area is 115 Å².